The molecule has 1 aliphatic carbocycles. The largest absolute Gasteiger partial charge is 0.481 e. The van der Waals surface area contributed by atoms with Gasteiger partial charge in [0.05, 0.1) is 18.2 Å². The van der Waals surface area contributed by atoms with Gasteiger partial charge in [0.25, 0.3) is 0 Å². The number of aromatic nitrogens is 2. The molecule has 1 aliphatic rings. The Balaban J connectivity index is 1.52. The van der Waals surface area contributed by atoms with Crippen molar-refractivity contribution in [3.8, 4) is 11.1 Å². The normalized spacial score (nSPS) is 13.8. The van der Waals surface area contributed by atoms with Crippen molar-refractivity contribution < 1.29 is 19.4 Å². The van der Waals surface area contributed by atoms with Gasteiger partial charge < -0.3 is 15.2 Å². The van der Waals surface area contributed by atoms with Crippen LogP contribution in [0.1, 0.15) is 61.5 Å². The van der Waals surface area contributed by atoms with Crippen molar-refractivity contribution >= 4 is 12.1 Å². The summed E-state index contributed by atoms with van der Waals surface area (Å²) in [4.78, 5) is 24.4. The Kier molecular flexibility index (Phi) is 5.97. The summed E-state index contributed by atoms with van der Waals surface area (Å²) in [5.41, 5.74) is 5.66. The van der Waals surface area contributed by atoms with Crippen LogP contribution in [0, 0.1) is 0 Å². The topological polar surface area (TPSA) is 93.5 Å². The number of hydrogen-bond donors (Lipinski definition) is 2. The molecule has 33 heavy (non-hydrogen) atoms. The van der Waals surface area contributed by atoms with Crippen LogP contribution >= 0.6 is 0 Å². The van der Waals surface area contributed by atoms with Crippen molar-refractivity contribution in [1.82, 2.24) is 15.1 Å². The van der Waals surface area contributed by atoms with E-state index in [0.717, 1.165) is 27.9 Å². The van der Waals surface area contributed by atoms with Gasteiger partial charge in [-0.1, -0.05) is 69.3 Å². The molecule has 7 heteroatoms. The minimum Gasteiger partial charge on any atom is -0.481 e. The summed E-state index contributed by atoms with van der Waals surface area (Å²) >= 11 is 0. The van der Waals surface area contributed by atoms with Crippen molar-refractivity contribution in [2.75, 3.05) is 6.61 Å². The number of carboxylic acid groups (broad SMARTS) is 1. The third-order valence-electron chi connectivity index (χ3n) is 5.96. The quantitative estimate of drug-likeness (QED) is 0.568. The molecule has 7 nitrogen and oxygen atoms in total. The van der Waals surface area contributed by atoms with Crippen LogP contribution < -0.4 is 5.32 Å². The van der Waals surface area contributed by atoms with Gasteiger partial charge in [0.1, 0.15) is 6.61 Å². The van der Waals surface area contributed by atoms with Crippen molar-refractivity contribution in [1.29, 1.82) is 0 Å². The van der Waals surface area contributed by atoms with Crippen LogP contribution in [0.15, 0.2) is 54.7 Å². The molecule has 0 fully saturated rings. The van der Waals surface area contributed by atoms with Gasteiger partial charge in [0, 0.05) is 30.1 Å². The standard InChI is InChI=1S/C26H29N3O4/c1-26(2,3)24-20(14-29(4)28-24)22(13-23(30)31)27-25(32)33-15-21-18-11-7-5-9-16(18)17-10-6-8-12-19(17)21/h5-12,14,21-22H,13,15H2,1-4H3,(H,27,32)(H,30,31)/t22-/m0/s1. The summed E-state index contributed by atoms with van der Waals surface area (Å²) in [5.74, 6) is -1.08. The molecule has 0 radical (unpaired) electrons. The number of carbonyl (C=O) groups is 2. The first-order valence-electron chi connectivity index (χ1n) is 11.0. The lowest BCUT2D eigenvalue weighted by molar-refractivity contribution is -0.137. The highest BCUT2D eigenvalue weighted by Crippen LogP contribution is 2.44. The molecule has 3 aromatic rings. The van der Waals surface area contributed by atoms with Crippen molar-refractivity contribution in [3.63, 3.8) is 0 Å². The van der Waals surface area contributed by atoms with E-state index in [1.165, 1.54) is 0 Å². The second kappa shape index (κ2) is 8.73. The summed E-state index contributed by atoms with van der Waals surface area (Å²) < 4.78 is 7.28. The van der Waals surface area contributed by atoms with Crippen molar-refractivity contribution in [3.05, 3.63) is 77.1 Å². The zero-order valence-electron chi connectivity index (χ0n) is 19.3. The smallest absolute Gasteiger partial charge is 0.407 e. The second-order valence-electron chi connectivity index (χ2n) is 9.48. The third-order valence-corrected chi connectivity index (χ3v) is 5.96. The monoisotopic (exact) mass is 447 g/mol. The van der Waals surface area contributed by atoms with Gasteiger partial charge in [-0.05, 0) is 22.3 Å². The van der Waals surface area contributed by atoms with E-state index in [1.807, 2.05) is 45.0 Å². The summed E-state index contributed by atoms with van der Waals surface area (Å²) in [6.07, 6.45) is 0.850. The number of ether oxygens (including phenoxy) is 1. The first-order valence-corrected chi connectivity index (χ1v) is 11.0. The Morgan fingerprint density at radius 3 is 2.21 bits per heavy atom. The minimum atomic E-state index is -1.01. The van der Waals surface area contributed by atoms with E-state index in [9.17, 15) is 14.7 Å². The number of aliphatic carboxylic acids is 1. The number of carboxylic acids is 1. The van der Waals surface area contributed by atoms with E-state index in [0.29, 0.717) is 5.56 Å². The molecule has 0 aliphatic heterocycles. The Morgan fingerprint density at radius 1 is 1.09 bits per heavy atom. The average molecular weight is 448 g/mol. The Morgan fingerprint density at radius 2 is 1.67 bits per heavy atom. The molecule has 172 valence electrons. The molecule has 2 aromatic carbocycles. The highest BCUT2D eigenvalue weighted by molar-refractivity contribution is 5.79. The molecular formula is C26H29N3O4. The number of nitrogens with zero attached hydrogens (tertiary/aromatic N) is 2. The lowest BCUT2D eigenvalue weighted by atomic mass is 9.87. The van der Waals surface area contributed by atoms with Crippen LogP contribution in [0.5, 0.6) is 0 Å². The van der Waals surface area contributed by atoms with Crippen molar-refractivity contribution in [2.24, 2.45) is 7.05 Å². The van der Waals surface area contributed by atoms with Gasteiger partial charge in [-0.25, -0.2) is 4.79 Å². The van der Waals surface area contributed by atoms with E-state index in [1.54, 1.807) is 17.9 Å². The maximum absolute atomic E-state index is 12.8. The molecule has 0 bridgehead atoms. The van der Waals surface area contributed by atoms with E-state index < -0.39 is 18.1 Å². The number of rotatable bonds is 6. The first kappa shape index (κ1) is 22.6. The van der Waals surface area contributed by atoms with Crippen LogP contribution in [0.4, 0.5) is 4.79 Å². The third kappa shape index (κ3) is 4.62. The van der Waals surface area contributed by atoms with E-state index in [2.05, 4.69) is 34.7 Å². The highest BCUT2D eigenvalue weighted by atomic mass is 16.5. The van der Waals surface area contributed by atoms with E-state index in [-0.39, 0.29) is 24.4 Å². The van der Waals surface area contributed by atoms with Gasteiger partial charge in [0.2, 0.25) is 0 Å². The highest BCUT2D eigenvalue weighted by Gasteiger charge is 2.31. The average Bonchev–Trinajstić information content (AvgIpc) is 3.30. The molecular weight excluding hydrogens is 418 g/mol. The fourth-order valence-electron chi connectivity index (χ4n) is 4.54. The summed E-state index contributed by atoms with van der Waals surface area (Å²) in [7, 11) is 1.78. The van der Waals surface area contributed by atoms with E-state index in [4.69, 9.17) is 4.74 Å². The number of benzene rings is 2. The van der Waals surface area contributed by atoms with Crippen molar-refractivity contribution in [2.45, 2.75) is 44.6 Å². The number of hydrogen-bond acceptors (Lipinski definition) is 4. The second-order valence-corrected chi connectivity index (χ2v) is 9.48. The van der Waals surface area contributed by atoms with E-state index >= 15 is 0 Å². The lowest BCUT2D eigenvalue weighted by Crippen LogP contribution is -2.33. The summed E-state index contributed by atoms with van der Waals surface area (Å²) in [6.45, 7) is 6.18. The Hall–Kier alpha value is -3.61. The molecule has 0 spiro atoms. The van der Waals surface area contributed by atoms with Gasteiger partial charge in [-0.2, -0.15) is 5.10 Å². The maximum atomic E-state index is 12.8. The van der Waals surface area contributed by atoms with Crippen LogP contribution in [0.2, 0.25) is 0 Å². The SMILES string of the molecule is Cn1cc([C@H](CC(=O)O)NC(=O)OCC2c3ccccc3-c3ccccc32)c(C(C)(C)C)n1. The predicted octanol–water partition coefficient (Wildman–Crippen LogP) is 4.77. The van der Waals surface area contributed by atoms with Gasteiger partial charge >= 0.3 is 12.1 Å². The molecule has 0 saturated carbocycles. The van der Waals surface area contributed by atoms with Gasteiger partial charge in [-0.15, -0.1) is 0 Å². The fourth-order valence-corrected chi connectivity index (χ4v) is 4.54. The van der Waals surface area contributed by atoms with Crippen LogP contribution in [0.3, 0.4) is 0 Å². The minimum absolute atomic E-state index is 0.0652. The zero-order chi connectivity index (χ0) is 23.8. The lowest BCUT2D eigenvalue weighted by Gasteiger charge is -2.23. The maximum Gasteiger partial charge on any atom is 0.407 e. The van der Waals surface area contributed by atoms with Crippen LogP contribution in [-0.4, -0.2) is 33.6 Å². The zero-order valence-corrected chi connectivity index (χ0v) is 19.3. The Labute approximate surface area is 193 Å². The Bertz CT molecular complexity index is 1150. The predicted molar refractivity (Wildman–Crippen MR) is 125 cm³/mol. The number of carbonyl (C=O) groups excluding carboxylic acids is 1. The molecule has 0 saturated heterocycles. The molecule has 2 N–H and O–H groups in total. The number of alkyl carbamates (subject to hydrolysis) is 1. The fraction of sp³-hybridized carbons (Fsp3) is 0.346. The number of amides is 1. The molecule has 1 aromatic heterocycles. The molecule has 1 heterocycles. The number of nitrogens with one attached hydrogen (secondary N) is 1. The summed E-state index contributed by atoms with van der Waals surface area (Å²) in [6, 6.07) is 15.5. The van der Waals surface area contributed by atoms with Crippen LogP contribution in [-0.2, 0) is 22.0 Å². The van der Waals surface area contributed by atoms with Crippen LogP contribution in [0.25, 0.3) is 11.1 Å². The first-order chi connectivity index (χ1) is 15.6. The molecule has 1 amide bonds. The van der Waals surface area contributed by atoms with Gasteiger partial charge in [0.15, 0.2) is 0 Å². The van der Waals surface area contributed by atoms with Gasteiger partial charge in [-0.3, -0.25) is 9.48 Å². The number of aryl methyl sites for hydroxylation is 1. The number of fused-ring (bicyclic) bond motifs is 3. The summed E-state index contributed by atoms with van der Waals surface area (Å²) in [5, 5.41) is 16.7. The molecule has 1 atom stereocenters. The molecule has 0 unspecified atom stereocenters. The molecule has 4 rings (SSSR count).